The number of nitriles is 1. The molecule has 2 saturated heterocycles. The zero-order valence-electron chi connectivity index (χ0n) is 15.8. The first kappa shape index (κ1) is 20.3. The number of hydrogen-bond acceptors (Lipinski definition) is 5. The van der Waals surface area contributed by atoms with Crippen LogP contribution >= 0.6 is 0 Å². The van der Waals surface area contributed by atoms with Crippen LogP contribution in [-0.2, 0) is 19.6 Å². The Kier molecular flexibility index (Phi) is 6.01. The van der Waals surface area contributed by atoms with Crippen molar-refractivity contribution < 1.29 is 18.0 Å². The van der Waals surface area contributed by atoms with Crippen LogP contribution in [-0.4, -0.2) is 50.7 Å². The lowest BCUT2D eigenvalue weighted by Gasteiger charge is -2.29. The minimum Gasteiger partial charge on any atom is -0.343 e. The third-order valence-electron chi connectivity index (χ3n) is 5.37. The molecule has 0 spiro atoms. The normalized spacial score (nSPS) is 21.5. The number of piperidine rings is 1. The molecule has 8 nitrogen and oxygen atoms in total. The van der Waals surface area contributed by atoms with Gasteiger partial charge < -0.3 is 10.2 Å². The summed E-state index contributed by atoms with van der Waals surface area (Å²) >= 11 is 0. The van der Waals surface area contributed by atoms with E-state index in [0.717, 1.165) is 12.8 Å². The molecular weight excluding hydrogens is 380 g/mol. The van der Waals surface area contributed by atoms with E-state index in [1.165, 1.54) is 21.3 Å². The molecular formula is C19H24N4O4S. The van der Waals surface area contributed by atoms with Crippen molar-refractivity contribution in [2.45, 2.75) is 31.1 Å². The first-order valence-corrected chi connectivity index (χ1v) is 10.8. The maximum Gasteiger partial charge on any atom is 0.243 e. The lowest BCUT2D eigenvalue weighted by Crippen LogP contribution is -2.37. The van der Waals surface area contributed by atoms with Crippen LogP contribution < -0.4 is 10.2 Å². The van der Waals surface area contributed by atoms with Gasteiger partial charge in [-0.15, -0.1) is 0 Å². The van der Waals surface area contributed by atoms with Crippen LogP contribution in [0.4, 0.5) is 5.69 Å². The predicted molar refractivity (Wildman–Crippen MR) is 103 cm³/mol. The van der Waals surface area contributed by atoms with E-state index in [9.17, 15) is 18.0 Å². The molecule has 0 unspecified atom stereocenters. The van der Waals surface area contributed by atoms with Crippen LogP contribution in [0.5, 0.6) is 0 Å². The molecule has 0 aliphatic carbocycles. The predicted octanol–water partition coefficient (Wildman–Crippen LogP) is 1.10. The minimum absolute atomic E-state index is 0.0727. The van der Waals surface area contributed by atoms with E-state index in [4.69, 9.17) is 5.26 Å². The maximum absolute atomic E-state index is 12.8. The number of nitrogens with one attached hydrogen (secondary N) is 1. The number of benzene rings is 1. The Hall–Kier alpha value is -2.44. The number of sulfonamides is 1. The Bertz CT molecular complexity index is 884. The molecule has 2 heterocycles. The average Bonchev–Trinajstić information content (AvgIpc) is 3.08. The lowest BCUT2D eigenvalue weighted by atomic mass is 10.0. The molecule has 150 valence electrons. The van der Waals surface area contributed by atoms with Crippen LogP contribution in [0.1, 0.15) is 26.2 Å². The summed E-state index contributed by atoms with van der Waals surface area (Å²) in [6, 6.07) is 8.07. The van der Waals surface area contributed by atoms with E-state index in [-0.39, 0.29) is 36.2 Å². The summed E-state index contributed by atoms with van der Waals surface area (Å²) in [4.78, 5) is 26.0. The standard InChI is InChI=1S/C19H24N4O4S/c1-14-6-10-22(11-7-14)28(26,27)17-4-2-16(3-5-17)23-13-15(12-18(23)24)19(25)21-9-8-20/h2-5,14-15H,6-7,9-13H2,1H3,(H,21,25)/t15-/m0/s1. The quantitative estimate of drug-likeness (QED) is 0.739. The van der Waals surface area contributed by atoms with E-state index in [0.29, 0.717) is 24.7 Å². The Morgan fingerprint density at radius 1 is 1.25 bits per heavy atom. The zero-order chi connectivity index (χ0) is 20.3. The second-order valence-electron chi connectivity index (χ2n) is 7.36. The molecule has 2 fully saturated rings. The molecule has 0 saturated carbocycles. The third-order valence-corrected chi connectivity index (χ3v) is 7.28. The van der Waals surface area contributed by atoms with Crippen molar-refractivity contribution in [1.82, 2.24) is 9.62 Å². The summed E-state index contributed by atoms with van der Waals surface area (Å²) in [6.45, 7) is 3.29. The molecule has 1 atom stereocenters. The highest BCUT2D eigenvalue weighted by Crippen LogP contribution is 2.28. The smallest absolute Gasteiger partial charge is 0.243 e. The van der Waals surface area contributed by atoms with Crippen LogP contribution in [0.3, 0.4) is 0 Å². The highest BCUT2D eigenvalue weighted by molar-refractivity contribution is 7.89. The summed E-state index contributed by atoms with van der Waals surface area (Å²) < 4.78 is 27.1. The maximum atomic E-state index is 12.8. The molecule has 0 bridgehead atoms. The topological polar surface area (TPSA) is 111 Å². The number of anilines is 1. The lowest BCUT2D eigenvalue weighted by molar-refractivity contribution is -0.126. The van der Waals surface area contributed by atoms with Gasteiger partial charge in [0, 0.05) is 31.7 Å². The van der Waals surface area contributed by atoms with Crippen LogP contribution in [0.25, 0.3) is 0 Å². The molecule has 2 aliphatic rings. The number of carbonyl (C=O) groups excluding carboxylic acids is 2. The minimum atomic E-state index is -3.54. The monoisotopic (exact) mass is 404 g/mol. The SMILES string of the molecule is CC1CCN(S(=O)(=O)c2ccc(N3C[C@@H](C(=O)NCC#N)CC3=O)cc2)CC1. The molecule has 1 aromatic rings. The summed E-state index contributed by atoms with van der Waals surface area (Å²) in [5, 5.41) is 11.0. The van der Waals surface area contributed by atoms with Crippen LogP contribution in [0.2, 0.25) is 0 Å². The largest absolute Gasteiger partial charge is 0.343 e. The van der Waals surface area contributed by atoms with Gasteiger partial charge in [-0.05, 0) is 43.0 Å². The molecule has 2 aliphatic heterocycles. The second kappa shape index (κ2) is 8.29. The molecule has 1 aromatic carbocycles. The number of nitrogens with zero attached hydrogens (tertiary/aromatic N) is 3. The van der Waals surface area contributed by atoms with E-state index < -0.39 is 15.9 Å². The van der Waals surface area contributed by atoms with Gasteiger partial charge >= 0.3 is 0 Å². The highest BCUT2D eigenvalue weighted by atomic mass is 32.2. The number of amides is 2. The van der Waals surface area contributed by atoms with E-state index in [1.54, 1.807) is 12.1 Å². The van der Waals surface area contributed by atoms with Crippen molar-refractivity contribution in [2.24, 2.45) is 11.8 Å². The van der Waals surface area contributed by atoms with Gasteiger partial charge in [0.2, 0.25) is 21.8 Å². The first-order valence-electron chi connectivity index (χ1n) is 9.38. The summed E-state index contributed by atoms with van der Waals surface area (Å²) in [6.07, 6.45) is 1.78. The Labute approximate surface area is 165 Å². The average molecular weight is 404 g/mol. The number of rotatable bonds is 5. The van der Waals surface area contributed by atoms with Gasteiger partial charge in [0.25, 0.3) is 0 Å². The Morgan fingerprint density at radius 3 is 2.50 bits per heavy atom. The number of hydrogen-bond donors (Lipinski definition) is 1. The first-order chi connectivity index (χ1) is 13.3. The Morgan fingerprint density at radius 2 is 1.89 bits per heavy atom. The zero-order valence-corrected chi connectivity index (χ0v) is 16.6. The third kappa shape index (κ3) is 4.18. The second-order valence-corrected chi connectivity index (χ2v) is 9.30. The van der Waals surface area contributed by atoms with Crippen molar-refractivity contribution in [2.75, 3.05) is 31.1 Å². The summed E-state index contributed by atoms with van der Waals surface area (Å²) in [5.41, 5.74) is 0.562. The number of carbonyl (C=O) groups is 2. The summed E-state index contributed by atoms with van der Waals surface area (Å²) in [5.74, 6) is -0.499. The van der Waals surface area contributed by atoms with Crippen molar-refractivity contribution in [3.8, 4) is 6.07 Å². The highest BCUT2D eigenvalue weighted by Gasteiger charge is 2.35. The van der Waals surface area contributed by atoms with Crippen LogP contribution in [0.15, 0.2) is 29.2 Å². The fourth-order valence-electron chi connectivity index (χ4n) is 3.58. The van der Waals surface area contributed by atoms with Gasteiger partial charge in [-0.3, -0.25) is 9.59 Å². The van der Waals surface area contributed by atoms with E-state index in [1.807, 2.05) is 6.07 Å². The van der Waals surface area contributed by atoms with Crippen molar-refractivity contribution in [1.29, 1.82) is 5.26 Å². The molecule has 0 radical (unpaired) electrons. The summed E-state index contributed by atoms with van der Waals surface area (Å²) in [7, 11) is -3.54. The molecule has 0 aromatic heterocycles. The molecule has 9 heteroatoms. The van der Waals surface area contributed by atoms with Gasteiger partial charge in [0.05, 0.1) is 16.9 Å². The van der Waals surface area contributed by atoms with E-state index >= 15 is 0 Å². The fraction of sp³-hybridized carbons (Fsp3) is 0.526. The molecule has 28 heavy (non-hydrogen) atoms. The molecule has 1 N–H and O–H groups in total. The van der Waals surface area contributed by atoms with Gasteiger partial charge in [-0.25, -0.2) is 8.42 Å². The van der Waals surface area contributed by atoms with Gasteiger partial charge in [0.15, 0.2) is 0 Å². The van der Waals surface area contributed by atoms with Gasteiger partial charge in [0.1, 0.15) is 6.54 Å². The van der Waals surface area contributed by atoms with Gasteiger partial charge in [-0.2, -0.15) is 9.57 Å². The van der Waals surface area contributed by atoms with Crippen LogP contribution in [0, 0.1) is 23.2 Å². The van der Waals surface area contributed by atoms with Crippen molar-refractivity contribution >= 4 is 27.5 Å². The Balaban J connectivity index is 1.70. The fourth-order valence-corrected chi connectivity index (χ4v) is 5.05. The van der Waals surface area contributed by atoms with E-state index in [2.05, 4.69) is 12.2 Å². The van der Waals surface area contributed by atoms with Crippen molar-refractivity contribution in [3.63, 3.8) is 0 Å². The van der Waals surface area contributed by atoms with Gasteiger partial charge in [-0.1, -0.05) is 6.92 Å². The molecule has 3 rings (SSSR count). The van der Waals surface area contributed by atoms with Crippen molar-refractivity contribution in [3.05, 3.63) is 24.3 Å². The molecule has 2 amide bonds.